The number of fused-ring (bicyclic) bond motifs is 1. The number of ether oxygens (including phenoxy) is 1. The molecule has 1 aliphatic heterocycles. The summed E-state index contributed by atoms with van der Waals surface area (Å²) in [4.78, 5) is 23.7. The minimum Gasteiger partial charge on any atom is -0.497 e. The average Bonchev–Trinajstić information content (AvgIpc) is 2.99. The molecule has 7 heteroatoms. The Kier molecular flexibility index (Phi) is 5.36. The molecule has 1 aliphatic rings. The molecule has 0 atom stereocenters. The van der Waals surface area contributed by atoms with Gasteiger partial charge in [0.2, 0.25) is 0 Å². The van der Waals surface area contributed by atoms with Crippen molar-refractivity contribution >= 4 is 51.3 Å². The summed E-state index contributed by atoms with van der Waals surface area (Å²) in [5, 5.41) is 0. The Bertz CT molecular complexity index is 1080. The molecular formula is C21H17N3O2S2. The molecule has 2 aromatic carbocycles. The number of benzene rings is 2. The fourth-order valence-electron chi connectivity index (χ4n) is 2.95. The Labute approximate surface area is 172 Å². The normalized spacial score (nSPS) is 15.6. The highest BCUT2D eigenvalue weighted by molar-refractivity contribution is 8.26. The van der Waals surface area contributed by atoms with Crippen molar-refractivity contribution in [1.82, 2.24) is 14.9 Å². The third-order valence-corrected chi connectivity index (χ3v) is 5.83. The van der Waals surface area contributed by atoms with Gasteiger partial charge in [0, 0.05) is 18.9 Å². The molecule has 0 saturated carbocycles. The smallest absolute Gasteiger partial charge is 0.266 e. The lowest BCUT2D eigenvalue weighted by Crippen LogP contribution is -2.30. The van der Waals surface area contributed by atoms with E-state index in [9.17, 15) is 4.79 Å². The number of aromatic nitrogens is 2. The van der Waals surface area contributed by atoms with E-state index in [2.05, 4.69) is 9.97 Å². The lowest BCUT2D eigenvalue weighted by Gasteiger charge is -2.14. The number of nitrogens with zero attached hydrogens (tertiary/aromatic N) is 3. The summed E-state index contributed by atoms with van der Waals surface area (Å²) in [6.45, 7) is 0.553. The topological polar surface area (TPSA) is 55.3 Å². The van der Waals surface area contributed by atoms with E-state index in [1.165, 1.54) is 11.8 Å². The third kappa shape index (κ3) is 3.90. The van der Waals surface area contributed by atoms with E-state index in [4.69, 9.17) is 17.0 Å². The summed E-state index contributed by atoms with van der Waals surface area (Å²) in [6.07, 6.45) is 5.91. The fraction of sp³-hybridized carbons (Fsp3) is 0.143. The maximum Gasteiger partial charge on any atom is 0.266 e. The van der Waals surface area contributed by atoms with Crippen LogP contribution in [-0.2, 0) is 11.2 Å². The van der Waals surface area contributed by atoms with Gasteiger partial charge in [-0.15, -0.1) is 0 Å². The summed E-state index contributed by atoms with van der Waals surface area (Å²) in [5.74, 6) is 0.764. The van der Waals surface area contributed by atoms with Gasteiger partial charge < -0.3 is 4.74 Å². The number of carbonyl (C=O) groups excluding carboxylic acids is 1. The number of rotatable bonds is 5. The summed E-state index contributed by atoms with van der Waals surface area (Å²) in [5.41, 5.74) is 3.66. The Morgan fingerprint density at radius 3 is 2.61 bits per heavy atom. The fourth-order valence-corrected chi connectivity index (χ4v) is 4.26. The molecule has 5 nitrogen and oxygen atoms in total. The van der Waals surface area contributed by atoms with Gasteiger partial charge in [0.15, 0.2) is 0 Å². The number of thioether (sulfide) groups is 1. The number of hydrogen-bond acceptors (Lipinski definition) is 6. The van der Waals surface area contributed by atoms with Crippen LogP contribution >= 0.6 is 24.0 Å². The van der Waals surface area contributed by atoms with E-state index in [-0.39, 0.29) is 5.91 Å². The Balaban J connectivity index is 1.48. The van der Waals surface area contributed by atoms with Crippen molar-refractivity contribution in [1.29, 1.82) is 0 Å². The predicted octanol–water partition coefficient (Wildman–Crippen LogP) is 4.08. The number of hydrogen-bond donors (Lipinski definition) is 0. The van der Waals surface area contributed by atoms with Gasteiger partial charge in [0.1, 0.15) is 10.1 Å². The Morgan fingerprint density at radius 1 is 1.11 bits per heavy atom. The molecule has 0 unspecified atom stereocenters. The van der Waals surface area contributed by atoms with Crippen LogP contribution in [0, 0.1) is 0 Å². The number of carbonyl (C=O) groups is 1. The second kappa shape index (κ2) is 8.08. The zero-order valence-electron chi connectivity index (χ0n) is 15.2. The van der Waals surface area contributed by atoms with Crippen LogP contribution in [0.25, 0.3) is 17.1 Å². The van der Waals surface area contributed by atoms with Crippen molar-refractivity contribution in [3.8, 4) is 5.75 Å². The highest BCUT2D eigenvalue weighted by atomic mass is 32.2. The monoisotopic (exact) mass is 407 g/mol. The molecular weight excluding hydrogens is 390 g/mol. The van der Waals surface area contributed by atoms with Gasteiger partial charge in [0.25, 0.3) is 5.91 Å². The molecule has 1 amide bonds. The zero-order valence-corrected chi connectivity index (χ0v) is 16.8. The third-order valence-electron chi connectivity index (χ3n) is 4.45. The van der Waals surface area contributed by atoms with E-state index < -0.39 is 0 Å². The van der Waals surface area contributed by atoms with Gasteiger partial charge in [0.05, 0.1) is 23.0 Å². The molecule has 0 spiro atoms. The van der Waals surface area contributed by atoms with Gasteiger partial charge in [-0.25, -0.2) is 0 Å². The van der Waals surface area contributed by atoms with Gasteiger partial charge in [-0.05, 0) is 47.9 Å². The molecule has 4 rings (SSSR count). The molecule has 28 heavy (non-hydrogen) atoms. The van der Waals surface area contributed by atoms with Crippen LogP contribution in [0.1, 0.15) is 11.1 Å². The maximum absolute atomic E-state index is 12.8. The number of thiocarbonyl (C=S) groups is 1. The molecule has 2 heterocycles. The van der Waals surface area contributed by atoms with Gasteiger partial charge in [-0.2, -0.15) is 0 Å². The van der Waals surface area contributed by atoms with Gasteiger partial charge >= 0.3 is 0 Å². The lowest BCUT2D eigenvalue weighted by atomic mass is 10.1. The van der Waals surface area contributed by atoms with Crippen molar-refractivity contribution < 1.29 is 9.53 Å². The molecule has 1 saturated heterocycles. The highest BCUT2D eigenvalue weighted by Crippen LogP contribution is 2.33. The second-order valence-corrected chi connectivity index (χ2v) is 7.91. The molecule has 1 aromatic heterocycles. The number of amides is 1. The first-order valence-corrected chi connectivity index (χ1v) is 9.95. The molecule has 0 bridgehead atoms. The zero-order chi connectivity index (χ0) is 19.5. The first-order valence-electron chi connectivity index (χ1n) is 8.73. The molecule has 140 valence electrons. The van der Waals surface area contributed by atoms with Crippen molar-refractivity contribution in [3.05, 3.63) is 70.9 Å². The SMILES string of the molecule is COc1ccc(CCN2C(=O)/C(=C\c3ccc4nccnc4c3)SC2=S)cc1. The molecule has 3 aromatic rings. The minimum atomic E-state index is -0.0530. The van der Waals surface area contributed by atoms with Crippen LogP contribution in [0.15, 0.2) is 59.8 Å². The predicted molar refractivity (Wildman–Crippen MR) is 116 cm³/mol. The second-order valence-electron chi connectivity index (χ2n) is 6.24. The lowest BCUT2D eigenvalue weighted by molar-refractivity contribution is -0.122. The minimum absolute atomic E-state index is 0.0530. The van der Waals surface area contributed by atoms with Gasteiger partial charge in [-0.1, -0.05) is 42.2 Å². The van der Waals surface area contributed by atoms with E-state index in [1.54, 1.807) is 24.4 Å². The van der Waals surface area contributed by atoms with Crippen molar-refractivity contribution in [2.24, 2.45) is 0 Å². The highest BCUT2D eigenvalue weighted by Gasteiger charge is 2.31. The van der Waals surface area contributed by atoms with Crippen LogP contribution in [0.2, 0.25) is 0 Å². The molecule has 0 aliphatic carbocycles. The summed E-state index contributed by atoms with van der Waals surface area (Å²) >= 11 is 6.76. The first-order chi connectivity index (χ1) is 13.6. The first kappa shape index (κ1) is 18.6. The molecule has 1 fully saturated rings. The van der Waals surface area contributed by atoms with Gasteiger partial charge in [-0.3, -0.25) is 19.7 Å². The maximum atomic E-state index is 12.8. The van der Waals surface area contributed by atoms with Crippen LogP contribution < -0.4 is 4.74 Å². The van der Waals surface area contributed by atoms with Crippen LogP contribution in [0.3, 0.4) is 0 Å². The molecule has 0 N–H and O–H groups in total. The van der Waals surface area contributed by atoms with Crippen LogP contribution in [0.4, 0.5) is 0 Å². The van der Waals surface area contributed by atoms with Crippen LogP contribution in [-0.4, -0.2) is 38.8 Å². The van der Waals surface area contributed by atoms with E-state index >= 15 is 0 Å². The Hall–Kier alpha value is -2.77. The summed E-state index contributed by atoms with van der Waals surface area (Å²) in [6, 6.07) is 13.6. The quantitative estimate of drug-likeness (QED) is 0.469. The average molecular weight is 408 g/mol. The number of methoxy groups -OCH3 is 1. The van der Waals surface area contributed by atoms with Crippen molar-refractivity contribution in [2.75, 3.05) is 13.7 Å². The molecule has 0 radical (unpaired) electrons. The van der Waals surface area contributed by atoms with Crippen LogP contribution in [0.5, 0.6) is 5.75 Å². The largest absolute Gasteiger partial charge is 0.497 e. The Morgan fingerprint density at radius 2 is 1.86 bits per heavy atom. The van der Waals surface area contributed by atoms with E-state index in [1.807, 2.05) is 48.5 Å². The van der Waals surface area contributed by atoms with Crippen molar-refractivity contribution in [2.45, 2.75) is 6.42 Å². The van der Waals surface area contributed by atoms with Crippen molar-refractivity contribution in [3.63, 3.8) is 0 Å². The van der Waals surface area contributed by atoms with E-state index in [0.717, 1.165) is 34.3 Å². The summed E-state index contributed by atoms with van der Waals surface area (Å²) in [7, 11) is 1.64. The summed E-state index contributed by atoms with van der Waals surface area (Å²) < 4.78 is 5.76. The standard InChI is InChI=1S/C21H17N3O2S2/c1-26-16-5-2-14(3-6-16)8-11-24-20(25)19(28-21(24)27)13-15-4-7-17-18(12-15)23-10-9-22-17/h2-7,9-10,12-13H,8,11H2,1H3/b19-13+. The van der Waals surface area contributed by atoms with E-state index in [0.29, 0.717) is 15.8 Å².